The van der Waals surface area contributed by atoms with E-state index in [-0.39, 0.29) is 11.9 Å². The fourth-order valence-corrected chi connectivity index (χ4v) is 3.32. The van der Waals surface area contributed by atoms with Crippen molar-refractivity contribution >= 4 is 0 Å². The Balaban J connectivity index is 1.33. The van der Waals surface area contributed by atoms with Crippen LogP contribution in [0.3, 0.4) is 0 Å². The topological polar surface area (TPSA) is 51.4 Å². The van der Waals surface area contributed by atoms with E-state index in [1.54, 1.807) is 24.3 Å². The van der Waals surface area contributed by atoms with Crippen LogP contribution < -0.4 is 4.74 Å². The van der Waals surface area contributed by atoms with Crippen molar-refractivity contribution in [2.24, 2.45) is 0 Å². The minimum absolute atomic E-state index is 0.0771. The molecular formula is C21H20F3N3O2. The van der Waals surface area contributed by atoms with Crippen LogP contribution in [0.2, 0.25) is 0 Å². The molecule has 1 unspecified atom stereocenters. The van der Waals surface area contributed by atoms with Crippen molar-refractivity contribution in [3.63, 3.8) is 0 Å². The summed E-state index contributed by atoms with van der Waals surface area (Å²) < 4.78 is 48.0. The number of alkyl halides is 3. The Labute approximate surface area is 166 Å². The van der Waals surface area contributed by atoms with Crippen molar-refractivity contribution in [3.8, 4) is 17.1 Å². The second-order valence-electron chi connectivity index (χ2n) is 7.19. The highest BCUT2D eigenvalue weighted by Crippen LogP contribution is 2.30. The molecule has 5 nitrogen and oxygen atoms in total. The number of likely N-dealkylation sites (tertiary alicyclic amines) is 1. The molecule has 0 N–H and O–H groups in total. The summed E-state index contributed by atoms with van der Waals surface area (Å²) in [6.07, 6.45) is -3.65. The van der Waals surface area contributed by atoms with Gasteiger partial charge in [-0.2, -0.15) is 18.2 Å². The molecule has 8 heteroatoms. The summed E-state index contributed by atoms with van der Waals surface area (Å²) in [4.78, 5) is 5.74. The van der Waals surface area contributed by atoms with Crippen molar-refractivity contribution in [2.75, 3.05) is 13.1 Å². The zero-order valence-corrected chi connectivity index (χ0v) is 15.8. The number of rotatable bonds is 5. The van der Waals surface area contributed by atoms with E-state index >= 15 is 0 Å². The maximum atomic E-state index is 12.6. The summed E-state index contributed by atoms with van der Waals surface area (Å²) in [5, 5.41) is 3.39. The van der Waals surface area contributed by atoms with Crippen molar-refractivity contribution in [1.82, 2.24) is 15.0 Å². The monoisotopic (exact) mass is 403 g/mol. The van der Waals surface area contributed by atoms with Gasteiger partial charge >= 0.3 is 12.1 Å². The lowest BCUT2D eigenvalue weighted by atomic mass is 10.1. The van der Waals surface area contributed by atoms with Crippen LogP contribution in [0.1, 0.15) is 23.4 Å². The molecule has 0 amide bonds. The number of nitrogens with zero attached hydrogens (tertiary/aromatic N) is 3. The van der Waals surface area contributed by atoms with Gasteiger partial charge in [-0.05, 0) is 43.2 Å². The second-order valence-corrected chi connectivity index (χ2v) is 7.19. The van der Waals surface area contributed by atoms with Crippen LogP contribution >= 0.6 is 0 Å². The lowest BCUT2D eigenvalue weighted by Gasteiger charge is -2.17. The van der Waals surface area contributed by atoms with E-state index in [4.69, 9.17) is 4.74 Å². The number of ether oxygens (including phenoxy) is 1. The van der Waals surface area contributed by atoms with Crippen molar-refractivity contribution in [3.05, 3.63) is 65.5 Å². The Morgan fingerprint density at radius 2 is 1.83 bits per heavy atom. The van der Waals surface area contributed by atoms with E-state index < -0.39 is 12.1 Å². The SMILES string of the molecule is Cc1ccc(CN2CCC(Oc3ccc(-c4noc(C(F)(F)F)n4)cc3)C2)cc1. The molecule has 2 heterocycles. The van der Waals surface area contributed by atoms with Crippen LogP contribution in [0.4, 0.5) is 13.2 Å². The summed E-state index contributed by atoms with van der Waals surface area (Å²) in [5.74, 6) is -0.794. The van der Waals surface area contributed by atoms with Gasteiger partial charge in [0.05, 0.1) is 0 Å². The summed E-state index contributed by atoms with van der Waals surface area (Å²) in [7, 11) is 0. The Bertz CT molecular complexity index is 953. The third kappa shape index (κ3) is 4.76. The van der Waals surface area contributed by atoms with Crippen LogP contribution in [0.15, 0.2) is 53.1 Å². The lowest BCUT2D eigenvalue weighted by molar-refractivity contribution is -0.159. The number of hydrogen-bond donors (Lipinski definition) is 0. The number of aryl methyl sites for hydroxylation is 1. The summed E-state index contributed by atoms with van der Waals surface area (Å²) >= 11 is 0. The van der Waals surface area contributed by atoms with Gasteiger partial charge in [0.2, 0.25) is 5.82 Å². The first-order chi connectivity index (χ1) is 13.9. The van der Waals surface area contributed by atoms with Crippen molar-refractivity contribution in [2.45, 2.75) is 32.2 Å². The molecule has 3 aromatic rings. The molecule has 0 saturated carbocycles. The van der Waals surface area contributed by atoms with Crippen LogP contribution in [-0.4, -0.2) is 34.2 Å². The second kappa shape index (κ2) is 7.87. The quantitative estimate of drug-likeness (QED) is 0.617. The minimum atomic E-state index is -4.65. The van der Waals surface area contributed by atoms with Crippen LogP contribution in [0.25, 0.3) is 11.4 Å². The molecule has 1 fully saturated rings. The molecular weight excluding hydrogens is 383 g/mol. The van der Waals surface area contributed by atoms with E-state index in [2.05, 4.69) is 50.8 Å². The molecule has 1 aromatic heterocycles. The third-order valence-electron chi connectivity index (χ3n) is 4.84. The van der Waals surface area contributed by atoms with Gasteiger partial charge in [-0.15, -0.1) is 0 Å². The highest BCUT2D eigenvalue weighted by molar-refractivity contribution is 5.55. The number of benzene rings is 2. The van der Waals surface area contributed by atoms with Gasteiger partial charge in [-0.1, -0.05) is 35.0 Å². The number of aromatic nitrogens is 2. The lowest BCUT2D eigenvalue weighted by Crippen LogP contribution is -2.24. The van der Waals surface area contributed by atoms with Gasteiger partial charge in [0.1, 0.15) is 11.9 Å². The van der Waals surface area contributed by atoms with Crippen molar-refractivity contribution in [1.29, 1.82) is 0 Å². The number of hydrogen-bond acceptors (Lipinski definition) is 5. The molecule has 29 heavy (non-hydrogen) atoms. The predicted octanol–water partition coefficient (Wildman–Crippen LogP) is 4.72. The maximum absolute atomic E-state index is 12.6. The van der Waals surface area contributed by atoms with E-state index in [1.165, 1.54) is 11.1 Å². The van der Waals surface area contributed by atoms with Gasteiger partial charge in [-0.25, -0.2) is 0 Å². The first kappa shape index (κ1) is 19.4. The van der Waals surface area contributed by atoms with Crippen molar-refractivity contribution < 1.29 is 22.4 Å². The van der Waals surface area contributed by atoms with Gasteiger partial charge in [-0.3, -0.25) is 4.90 Å². The van der Waals surface area contributed by atoms with Gasteiger partial charge in [0.15, 0.2) is 0 Å². The van der Waals surface area contributed by atoms with Gasteiger partial charge in [0, 0.05) is 25.2 Å². The molecule has 1 atom stereocenters. The van der Waals surface area contributed by atoms with Crippen LogP contribution in [-0.2, 0) is 12.7 Å². The van der Waals surface area contributed by atoms with E-state index in [0.717, 1.165) is 26.1 Å². The highest BCUT2D eigenvalue weighted by Gasteiger charge is 2.38. The average Bonchev–Trinajstić information content (AvgIpc) is 3.34. The molecule has 2 aromatic carbocycles. The predicted molar refractivity (Wildman–Crippen MR) is 100 cm³/mol. The van der Waals surface area contributed by atoms with E-state index in [1.807, 2.05) is 0 Å². The maximum Gasteiger partial charge on any atom is 0.471 e. The standard InChI is InChI=1S/C21H20F3N3O2/c1-14-2-4-15(5-3-14)12-27-11-10-18(13-27)28-17-8-6-16(7-9-17)19-25-20(29-26-19)21(22,23)24/h2-9,18H,10-13H2,1H3. The van der Waals surface area contributed by atoms with E-state index in [0.29, 0.717) is 11.3 Å². The molecule has 4 rings (SSSR count). The number of halogens is 3. The smallest absolute Gasteiger partial charge is 0.471 e. The molecule has 1 aliphatic rings. The van der Waals surface area contributed by atoms with Gasteiger partial charge in [0.25, 0.3) is 0 Å². The fourth-order valence-electron chi connectivity index (χ4n) is 3.32. The molecule has 1 saturated heterocycles. The molecule has 0 radical (unpaired) electrons. The average molecular weight is 403 g/mol. The molecule has 1 aliphatic heterocycles. The minimum Gasteiger partial charge on any atom is -0.489 e. The largest absolute Gasteiger partial charge is 0.489 e. The Hall–Kier alpha value is -2.87. The summed E-state index contributed by atoms with van der Waals surface area (Å²) in [6, 6.07) is 15.2. The van der Waals surface area contributed by atoms with Gasteiger partial charge < -0.3 is 9.26 Å². The molecule has 0 bridgehead atoms. The molecule has 0 spiro atoms. The normalized spacial score (nSPS) is 17.6. The zero-order chi connectivity index (χ0) is 20.4. The zero-order valence-electron chi connectivity index (χ0n) is 15.8. The Morgan fingerprint density at radius 3 is 2.48 bits per heavy atom. The molecule has 0 aliphatic carbocycles. The first-order valence-corrected chi connectivity index (χ1v) is 9.33. The molecule has 152 valence electrons. The summed E-state index contributed by atoms with van der Waals surface area (Å²) in [5.41, 5.74) is 2.96. The highest BCUT2D eigenvalue weighted by atomic mass is 19.4. The third-order valence-corrected chi connectivity index (χ3v) is 4.84. The van der Waals surface area contributed by atoms with Crippen LogP contribution in [0.5, 0.6) is 5.75 Å². The summed E-state index contributed by atoms with van der Waals surface area (Å²) in [6.45, 7) is 4.75. The fraction of sp³-hybridized carbons (Fsp3) is 0.333. The Morgan fingerprint density at radius 1 is 1.10 bits per heavy atom. The van der Waals surface area contributed by atoms with E-state index in [9.17, 15) is 13.2 Å². The Kier molecular flexibility index (Phi) is 5.27. The first-order valence-electron chi connectivity index (χ1n) is 9.33. The van der Waals surface area contributed by atoms with Crippen LogP contribution in [0, 0.1) is 6.92 Å².